The normalized spacial score (nSPS) is 15.8. The Hall–Kier alpha value is -1.63. The summed E-state index contributed by atoms with van der Waals surface area (Å²) in [6.07, 6.45) is 3.43. The van der Waals surface area contributed by atoms with Crippen molar-refractivity contribution in [2.45, 2.75) is 59.2 Å². The summed E-state index contributed by atoms with van der Waals surface area (Å²) >= 11 is 0. The van der Waals surface area contributed by atoms with Gasteiger partial charge in [-0.25, -0.2) is 4.99 Å². The molecule has 1 aliphatic heterocycles. The Morgan fingerprint density at radius 1 is 1.07 bits per heavy atom. The van der Waals surface area contributed by atoms with Gasteiger partial charge in [0.05, 0.1) is 12.6 Å². The van der Waals surface area contributed by atoms with Crippen LogP contribution in [0.5, 0.6) is 0 Å². The second-order valence-corrected chi connectivity index (χ2v) is 7.85. The standard InChI is InChI=1S/C24H42N4O2/c1-5-25-24(28-15-13-23(14-16-28)30-18-8-17-29-4)26-19-21-9-11-22(12-10-21)20-27(6-2)7-3/h9-12,23H,5-8,13-20H2,1-4H3,(H,25,26). The van der Waals surface area contributed by atoms with Gasteiger partial charge in [-0.1, -0.05) is 38.1 Å². The van der Waals surface area contributed by atoms with Crippen LogP contribution >= 0.6 is 0 Å². The van der Waals surface area contributed by atoms with Crippen molar-refractivity contribution >= 4 is 5.96 Å². The lowest BCUT2D eigenvalue weighted by molar-refractivity contribution is 0.00990. The van der Waals surface area contributed by atoms with E-state index in [-0.39, 0.29) is 0 Å². The maximum Gasteiger partial charge on any atom is 0.194 e. The number of methoxy groups -OCH3 is 1. The van der Waals surface area contributed by atoms with Gasteiger partial charge >= 0.3 is 0 Å². The first kappa shape index (κ1) is 24.6. The van der Waals surface area contributed by atoms with E-state index in [1.165, 1.54) is 11.1 Å². The number of aliphatic imine (C=N–C) groups is 1. The van der Waals surface area contributed by atoms with Crippen LogP contribution in [0.4, 0.5) is 0 Å². The van der Waals surface area contributed by atoms with Crippen LogP contribution in [0.2, 0.25) is 0 Å². The van der Waals surface area contributed by atoms with Gasteiger partial charge in [-0.2, -0.15) is 0 Å². The van der Waals surface area contributed by atoms with Gasteiger partial charge in [0.2, 0.25) is 0 Å². The molecule has 0 atom stereocenters. The first-order valence-corrected chi connectivity index (χ1v) is 11.6. The van der Waals surface area contributed by atoms with Crippen molar-refractivity contribution in [3.05, 3.63) is 35.4 Å². The van der Waals surface area contributed by atoms with Crippen LogP contribution in [0, 0.1) is 0 Å². The van der Waals surface area contributed by atoms with Gasteiger partial charge in [0.15, 0.2) is 5.96 Å². The Balaban J connectivity index is 1.84. The van der Waals surface area contributed by atoms with Crippen LogP contribution in [-0.4, -0.2) is 74.9 Å². The summed E-state index contributed by atoms with van der Waals surface area (Å²) < 4.78 is 11.1. The average Bonchev–Trinajstić information content (AvgIpc) is 2.79. The first-order valence-electron chi connectivity index (χ1n) is 11.6. The molecular weight excluding hydrogens is 376 g/mol. The molecule has 0 aliphatic carbocycles. The van der Waals surface area contributed by atoms with Crippen molar-refractivity contribution in [3.63, 3.8) is 0 Å². The quantitative estimate of drug-likeness (QED) is 0.320. The number of nitrogens with zero attached hydrogens (tertiary/aromatic N) is 3. The molecule has 0 aromatic heterocycles. The van der Waals surface area contributed by atoms with Gasteiger partial charge in [-0.15, -0.1) is 0 Å². The van der Waals surface area contributed by atoms with E-state index >= 15 is 0 Å². The molecule has 0 amide bonds. The number of ether oxygens (including phenoxy) is 2. The maximum atomic E-state index is 5.99. The Kier molecular flexibility index (Phi) is 11.8. The lowest BCUT2D eigenvalue weighted by Crippen LogP contribution is -2.47. The Bertz CT molecular complexity index is 594. The number of guanidine groups is 1. The minimum Gasteiger partial charge on any atom is -0.385 e. The molecule has 1 aromatic carbocycles. The third kappa shape index (κ3) is 8.62. The fourth-order valence-electron chi connectivity index (χ4n) is 3.74. The third-order valence-electron chi connectivity index (χ3n) is 5.66. The zero-order chi connectivity index (χ0) is 21.6. The summed E-state index contributed by atoms with van der Waals surface area (Å²) in [5, 5.41) is 3.46. The molecular formula is C24H42N4O2. The zero-order valence-corrected chi connectivity index (χ0v) is 19.5. The highest BCUT2D eigenvalue weighted by Gasteiger charge is 2.21. The van der Waals surface area contributed by atoms with Crippen molar-refractivity contribution in [1.82, 2.24) is 15.1 Å². The van der Waals surface area contributed by atoms with Crippen LogP contribution < -0.4 is 5.32 Å². The molecule has 0 bridgehead atoms. The fraction of sp³-hybridized carbons (Fsp3) is 0.708. The number of nitrogens with one attached hydrogen (secondary N) is 1. The van der Waals surface area contributed by atoms with E-state index in [0.29, 0.717) is 12.6 Å². The molecule has 0 unspecified atom stereocenters. The van der Waals surface area contributed by atoms with Gasteiger partial charge in [0.1, 0.15) is 0 Å². The van der Waals surface area contributed by atoms with Gasteiger partial charge < -0.3 is 19.7 Å². The number of benzene rings is 1. The highest BCUT2D eigenvalue weighted by atomic mass is 16.5. The van der Waals surface area contributed by atoms with Crippen molar-refractivity contribution < 1.29 is 9.47 Å². The van der Waals surface area contributed by atoms with Crippen molar-refractivity contribution in [2.75, 3.05) is 53.0 Å². The van der Waals surface area contributed by atoms with Crippen molar-refractivity contribution in [3.8, 4) is 0 Å². The van der Waals surface area contributed by atoms with E-state index in [9.17, 15) is 0 Å². The molecule has 6 nitrogen and oxygen atoms in total. The Morgan fingerprint density at radius 2 is 1.73 bits per heavy atom. The van der Waals surface area contributed by atoms with E-state index < -0.39 is 0 Å². The van der Waals surface area contributed by atoms with E-state index in [1.54, 1.807) is 7.11 Å². The highest BCUT2D eigenvalue weighted by molar-refractivity contribution is 5.80. The fourth-order valence-corrected chi connectivity index (χ4v) is 3.74. The molecule has 0 spiro atoms. The minimum absolute atomic E-state index is 0.360. The van der Waals surface area contributed by atoms with Crippen LogP contribution in [-0.2, 0) is 22.6 Å². The number of hydrogen-bond donors (Lipinski definition) is 1. The lowest BCUT2D eigenvalue weighted by Gasteiger charge is -2.34. The smallest absolute Gasteiger partial charge is 0.194 e. The van der Waals surface area contributed by atoms with Gasteiger partial charge in [-0.05, 0) is 50.4 Å². The van der Waals surface area contributed by atoms with E-state index in [4.69, 9.17) is 14.5 Å². The molecule has 30 heavy (non-hydrogen) atoms. The van der Waals surface area contributed by atoms with Crippen molar-refractivity contribution in [2.24, 2.45) is 4.99 Å². The van der Waals surface area contributed by atoms with Crippen LogP contribution in [0.1, 0.15) is 51.2 Å². The third-order valence-corrected chi connectivity index (χ3v) is 5.66. The molecule has 1 fully saturated rings. The predicted molar refractivity (Wildman–Crippen MR) is 125 cm³/mol. The Labute approximate surface area is 183 Å². The molecule has 1 heterocycles. The molecule has 1 N–H and O–H groups in total. The summed E-state index contributed by atoms with van der Waals surface area (Å²) in [6.45, 7) is 14.9. The average molecular weight is 419 g/mol. The zero-order valence-electron chi connectivity index (χ0n) is 19.5. The second kappa shape index (κ2) is 14.4. The number of hydrogen-bond acceptors (Lipinski definition) is 4. The van der Waals surface area contributed by atoms with Crippen LogP contribution in [0.3, 0.4) is 0 Å². The van der Waals surface area contributed by atoms with Crippen LogP contribution in [0.15, 0.2) is 29.3 Å². The van der Waals surface area contributed by atoms with Gasteiger partial charge in [0, 0.05) is 46.5 Å². The summed E-state index contributed by atoms with van der Waals surface area (Å²) in [6, 6.07) is 8.91. The van der Waals surface area contributed by atoms with Crippen LogP contribution in [0.25, 0.3) is 0 Å². The van der Waals surface area contributed by atoms with Crippen molar-refractivity contribution in [1.29, 1.82) is 0 Å². The highest BCUT2D eigenvalue weighted by Crippen LogP contribution is 2.15. The molecule has 2 rings (SSSR count). The summed E-state index contributed by atoms with van der Waals surface area (Å²) in [5.74, 6) is 1.02. The first-order chi connectivity index (χ1) is 14.7. The van der Waals surface area contributed by atoms with Gasteiger partial charge in [-0.3, -0.25) is 4.90 Å². The number of likely N-dealkylation sites (tertiary alicyclic amines) is 1. The van der Waals surface area contributed by atoms with Gasteiger partial charge in [0.25, 0.3) is 0 Å². The molecule has 6 heteroatoms. The van der Waals surface area contributed by atoms with E-state index in [1.807, 2.05) is 0 Å². The SMILES string of the molecule is CCNC(=NCc1ccc(CN(CC)CC)cc1)N1CCC(OCCCOC)CC1. The molecule has 1 aliphatic rings. The maximum absolute atomic E-state index is 5.99. The molecule has 1 saturated heterocycles. The second-order valence-electron chi connectivity index (χ2n) is 7.85. The summed E-state index contributed by atoms with van der Waals surface area (Å²) in [7, 11) is 1.74. The largest absolute Gasteiger partial charge is 0.385 e. The summed E-state index contributed by atoms with van der Waals surface area (Å²) in [5.41, 5.74) is 2.62. The van der Waals surface area contributed by atoms with E-state index in [0.717, 1.165) is 77.7 Å². The Morgan fingerprint density at radius 3 is 2.33 bits per heavy atom. The molecule has 170 valence electrons. The molecule has 0 saturated carbocycles. The van der Waals surface area contributed by atoms with E-state index in [2.05, 4.69) is 60.2 Å². The molecule has 0 radical (unpaired) electrons. The topological polar surface area (TPSA) is 49.3 Å². The predicted octanol–water partition coefficient (Wildman–Crippen LogP) is 3.51. The lowest BCUT2D eigenvalue weighted by atomic mass is 10.1. The molecule has 1 aromatic rings. The summed E-state index contributed by atoms with van der Waals surface area (Å²) in [4.78, 5) is 9.71. The number of piperidine rings is 1. The monoisotopic (exact) mass is 418 g/mol. The minimum atomic E-state index is 0.360. The number of rotatable bonds is 12.